The molecule has 0 saturated carbocycles. The summed E-state index contributed by atoms with van der Waals surface area (Å²) in [5, 5.41) is 0. The summed E-state index contributed by atoms with van der Waals surface area (Å²) in [6.45, 7) is 8.23. The zero-order valence-electron chi connectivity index (χ0n) is 15.4. The van der Waals surface area contributed by atoms with Gasteiger partial charge in [0.2, 0.25) is 10.0 Å². The lowest BCUT2D eigenvalue weighted by Gasteiger charge is -2.26. The molecule has 0 N–H and O–H groups in total. The zero-order chi connectivity index (χ0) is 18.2. The summed E-state index contributed by atoms with van der Waals surface area (Å²) in [5.74, 6) is 0.510. The third kappa shape index (κ3) is 3.74. The van der Waals surface area contributed by atoms with Crippen LogP contribution in [0.2, 0.25) is 0 Å². The van der Waals surface area contributed by atoms with Crippen molar-refractivity contribution in [3.8, 4) is 0 Å². The molecule has 1 amide bonds. The largest absolute Gasteiger partial charge is 0.339 e. The number of nitrogens with zero attached hydrogens (tertiary/aromatic N) is 2. The molecule has 0 unspecified atom stereocenters. The third-order valence-electron chi connectivity index (χ3n) is 4.63. The molecule has 0 radical (unpaired) electrons. The summed E-state index contributed by atoms with van der Waals surface area (Å²) < 4.78 is 25.4. The van der Waals surface area contributed by atoms with Crippen molar-refractivity contribution in [1.82, 2.24) is 4.90 Å². The molecule has 0 fully saturated rings. The molecule has 0 aliphatic carbocycles. The maximum absolute atomic E-state index is 12.7. The van der Waals surface area contributed by atoms with E-state index in [0.717, 1.165) is 12.0 Å². The van der Waals surface area contributed by atoms with Crippen molar-refractivity contribution >= 4 is 21.6 Å². The van der Waals surface area contributed by atoms with Gasteiger partial charge in [-0.05, 0) is 56.4 Å². The normalized spacial score (nSPS) is 18.6. The molecule has 5 nitrogen and oxygen atoms in total. The molecule has 134 valence electrons. The lowest BCUT2D eigenvalue weighted by atomic mass is 10.0. The van der Waals surface area contributed by atoms with E-state index in [0.29, 0.717) is 23.6 Å². The third-order valence-corrected chi connectivity index (χ3v) is 5.90. The van der Waals surface area contributed by atoms with E-state index in [1.807, 2.05) is 20.0 Å². The first-order chi connectivity index (χ1) is 11.0. The molecule has 1 aliphatic rings. The molecule has 0 bridgehead atoms. The predicted molar refractivity (Wildman–Crippen MR) is 97.9 cm³/mol. The van der Waals surface area contributed by atoms with Gasteiger partial charge in [-0.25, -0.2) is 8.42 Å². The van der Waals surface area contributed by atoms with E-state index in [2.05, 4.69) is 20.8 Å². The number of carbonyl (C=O) groups excluding carboxylic acids is 1. The highest BCUT2D eigenvalue weighted by atomic mass is 32.2. The molecule has 1 aliphatic heterocycles. The van der Waals surface area contributed by atoms with E-state index >= 15 is 0 Å². The van der Waals surface area contributed by atoms with Gasteiger partial charge in [0.25, 0.3) is 5.91 Å². The minimum absolute atomic E-state index is 0.0172. The Morgan fingerprint density at radius 1 is 1.33 bits per heavy atom. The Bertz CT molecular complexity index is 728. The van der Waals surface area contributed by atoms with Crippen LogP contribution in [0.5, 0.6) is 0 Å². The van der Waals surface area contributed by atoms with Crippen molar-refractivity contribution in [2.45, 2.75) is 52.6 Å². The molecule has 0 aromatic heterocycles. The Labute approximate surface area is 145 Å². The van der Waals surface area contributed by atoms with E-state index in [-0.39, 0.29) is 18.0 Å². The Balaban J connectivity index is 2.27. The first-order valence-electron chi connectivity index (χ1n) is 8.41. The van der Waals surface area contributed by atoms with Gasteiger partial charge in [-0.3, -0.25) is 9.10 Å². The van der Waals surface area contributed by atoms with Crippen molar-refractivity contribution in [3.63, 3.8) is 0 Å². The maximum Gasteiger partial charge on any atom is 0.253 e. The first kappa shape index (κ1) is 18.8. The molecule has 0 saturated heterocycles. The van der Waals surface area contributed by atoms with E-state index in [9.17, 15) is 13.2 Å². The van der Waals surface area contributed by atoms with Crippen LogP contribution in [-0.4, -0.2) is 44.6 Å². The van der Waals surface area contributed by atoms with Crippen LogP contribution in [0, 0.1) is 5.92 Å². The van der Waals surface area contributed by atoms with Crippen LogP contribution in [0.3, 0.4) is 0 Å². The summed E-state index contributed by atoms with van der Waals surface area (Å²) in [7, 11) is -1.48. The predicted octanol–water partition coefficient (Wildman–Crippen LogP) is 2.90. The standard InChI is InChI=1S/C18H28N2O3S/c1-12(2)9-13(3)19(5)18(21)15-7-8-17-16(11-15)10-14(4)20(17)24(6,22)23/h7-8,11-14H,9-10H2,1-6H3/t13-,14+/m0/s1. The monoisotopic (exact) mass is 352 g/mol. The average Bonchev–Trinajstić information content (AvgIpc) is 2.79. The van der Waals surface area contributed by atoms with Crippen LogP contribution < -0.4 is 4.31 Å². The van der Waals surface area contributed by atoms with E-state index in [1.54, 1.807) is 17.0 Å². The molecule has 0 spiro atoms. The van der Waals surface area contributed by atoms with Crippen LogP contribution in [0.4, 0.5) is 5.69 Å². The molecular formula is C18H28N2O3S. The highest BCUT2D eigenvalue weighted by Crippen LogP contribution is 2.35. The van der Waals surface area contributed by atoms with Gasteiger partial charge < -0.3 is 4.90 Å². The Morgan fingerprint density at radius 3 is 2.50 bits per heavy atom. The van der Waals surface area contributed by atoms with Gasteiger partial charge in [0.1, 0.15) is 0 Å². The quantitative estimate of drug-likeness (QED) is 0.819. The minimum atomic E-state index is -3.30. The molecule has 2 atom stereocenters. The second-order valence-corrected chi connectivity index (χ2v) is 9.21. The average molecular weight is 353 g/mol. The van der Waals surface area contributed by atoms with Gasteiger partial charge in [-0.1, -0.05) is 13.8 Å². The second kappa shape index (κ2) is 6.75. The fourth-order valence-electron chi connectivity index (χ4n) is 3.49. The van der Waals surface area contributed by atoms with E-state index in [1.165, 1.54) is 10.6 Å². The van der Waals surface area contributed by atoms with Crippen LogP contribution in [-0.2, 0) is 16.4 Å². The maximum atomic E-state index is 12.7. The van der Waals surface area contributed by atoms with Crippen LogP contribution in [0.25, 0.3) is 0 Å². The fraction of sp³-hybridized carbons (Fsp3) is 0.611. The summed E-state index contributed by atoms with van der Waals surface area (Å²) in [6.07, 6.45) is 2.81. The highest BCUT2D eigenvalue weighted by molar-refractivity contribution is 7.92. The van der Waals surface area contributed by atoms with E-state index < -0.39 is 10.0 Å². The number of rotatable bonds is 5. The highest BCUT2D eigenvalue weighted by Gasteiger charge is 2.33. The van der Waals surface area contributed by atoms with Crippen LogP contribution >= 0.6 is 0 Å². The number of sulfonamides is 1. The molecule has 1 heterocycles. The molecular weight excluding hydrogens is 324 g/mol. The smallest absolute Gasteiger partial charge is 0.253 e. The Kier molecular flexibility index (Phi) is 5.28. The van der Waals surface area contributed by atoms with Gasteiger partial charge in [-0.15, -0.1) is 0 Å². The lowest BCUT2D eigenvalue weighted by molar-refractivity contribution is 0.0728. The number of anilines is 1. The number of fused-ring (bicyclic) bond motifs is 1. The number of benzene rings is 1. The number of hydrogen-bond donors (Lipinski definition) is 0. The molecule has 1 aromatic rings. The van der Waals surface area contributed by atoms with E-state index in [4.69, 9.17) is 0 Å². The summed E-state index contributed by atoms with van der Waals surface area (Å²) in [4.78, 5) is 14.5. The Morgan fingerprint density at radius 2 is 1.96 bits per heavy atom. The number of carbonyl (C=O) groups is 1. The summed E-state index contributed by atoms with van der Waals surface area (Å²) >= 11 is 0. The first-order valence-corrected chi connectivity index (χ1v) is 10.3. The van der Waals surface area contributed by atoms with Crippen LogP contribution in [0.15, 0.2) is 18.2 Å². The topological polar surface area (TPSA) is 57.7 Å². The van der Waals surface area contributed by atoms with Crippen molar-refractivity contribution in [3.05, 3.63) is 29.3 Å². The minimum Gasteiger partial charge on any atom is -0.339 e. The summed E-state index contributed by atoms with van der Waals surface area (Å²) in [6, 6.07) is 5.39. The van der Waals surface area contributed by atoms with Crippen molar-refractivity contribution < 1.29 is 13.2 Å². The fourth-order valence-corrected chi connectivity index (χ4v) is 4.75. The molecule has 2 rings (SSSR count). The molecule has 6 heteroatoms. The molecule has 24 heavy (non-hydrogen) atoms. The van der Waals surface area contributed by atoms with Crippen molar-refractivity contribution in [2.24, 2.45) is 5.92 Å². The zero-order valence-corrected chi connectivity index (χ0v) is 16.2. The molecule has 1 aromatic carbocycles. The van der Waals surface area contributed by atoms with Crippen molar-refractivity contribution in [1.29, 1.82) is 0 Å². The lowest BCUT2D eigenvalue weighted by Crippen LogP contribution is -2.36. The van der Waals surface area contributed by atoms with Crippen molar-refractivity contribution in [2.75, 3.05) is 17.6 Å². The SMILES string of the molecule is CC(C)C[C@H](C)N(C)C(=O)c1ccc2c(c1)C[C@@H](C)N2S(C)(=O)=O. The van der Waals surface area contributed by atoms with Gasteiger partial charge in [0, 0.05) is 24.7 Å². The van der Waals surface area contributed by atoms with Crippen LogP contribution in [0.1, 0.15) is 50.0 Å². The second-order valence-electron chi connectivity index (χ2n) is 7.35. The van der Waals surface area contributed by atoms with Gasteiger partial charge in [-0.2, -0.15) is 0 Å². The number of hydrogen-bond acceptors (Lipinski definition) is 3. The Hall–Kier alpha value is -1.56. The van der Waals surface area contributed by atoms with Gasteiger partial charge in [0.05, 0.1) is 11.9 Å². The van der Waals surface area contributed by atoms with Gasteiger partial charge >= 0.3 is 0 Å². The summed E-state index contributed by atoms with van der Waals surface area (Å²) in [5.41, 5.74) is 2.23. The van der Waals surface area contributed by atoms with Gasteiger partial charge in [0.15, 0.2) is 0 Å². The number of amides is 1.